The quantitative estimate of drug-likeness (QED) is 0.508. The highest BCUT2D eigenvalue weighted by molar-refractivity contribution is 5.86. The first-order valence-corrected chi connectivity index (χ1v) is 9.51. The second kappa shape index (κ2) is 8.23. The Hall–Kier alpha value is -3.18. The summed E-state index contributed by atoms with van der Waals surface area (Å²) in [5, 5.41) is 8.42. The molecule has 5 heteroatoms. The van der Waals surface area contributed by atoms with Crippen LogP contribution in [0.2, 0.25) is 0 Å². The molecule has 2 heterocycles. The molecule has 0 aliphatic heterocycles. The maximum absolute atomic E-state index is 6.24. The Balaban J connectivity index is 1.38. The third kappa shape index (κ3) is 4.21. The topological polar surface area (TPSA) is 76.8 Å². The van der Waals surface area contributed by atoms with Crippen molar-refractivity contribution in [2.45, 2.75) is 25.8 Å². The molecule has 4 rings (SSSR count). The van der Waals surface area contributed by atoms with Gasteiger partial charge in [0.2, 0.25) is 0 Å². The van der Waals surface area contributed by atoms with E-state index in [4.69, 9.17) is 10.5 Å². The van der Waals surface area contributed by atoms with Crippen LogP contribution in [-0.4, -0.2) is 27.8 Å². The molecule has 1 atom stereocenters. The van der Waals surface area contributed by atoms with Gasteiger partial charge in [0.05, 0.1) is 18.3 Å². The Morgan fingerprint density at radius 3 is 2.75 bits per heavy atom. The van der Waals surface area contributed by atoms with E-state index in [0.29, 0.717) is 6.61 Å². The third-order valence-electron chi connectivity index (χ3n) is 4.89. The van der Waals surface area contributed by atoms with E-state index >= 15 is 0 Å². The van der Waals surface area contributed by atoms with Crippen molar-refractivity contribution in [3.63, 3.8) is 0 Å². The number of aryl methyl sites for hydroxylation is 1. The van der Waals surface area contributed by atoms with Gasteiger partial charge in [-0.25, -0.2) is 0 Å². The zero-order chi connectivity index (χ0) is 19.3. The Kier molecular flexibility index (Phi) is 5.35. The lowest BCUT2D eigenvalue weighted by Gasteiger charge is -2.13. The van der Waals surface area contributed by atoms with Gasteiger partial charge < -0.3 is 10.5 Å². The third-order valence-corrected chi connectivity index (χ3v) is 4.89. The number of pyridine rings is 1. The van der Waals surface area contributed by atoms with E-state index in [1.807, 2.05) is 43.5 Å². The molecule has 28 heavy (non-hydrogen) atoms. The molecule has 0 aliphatic carbocycles. The van der Waals surface area contributed by atoms with Gasteiger partial charge in [-0.15, -0.1) is 0 Å². The van der Waals surface area contributed by atoms with Crippen LogP contribution in [0.4, 0.5) is 0 Å². The second-order valence-electron chi connectivity index (χ2n) is 7.08. The number of aromatic nitrogens is 3. The van der Waals surface area contributed by atoms with Crippen LogP contribution in [0.5, 0.6) is 5.75 Å². The van der Waals surface area contributed by atoms with Gasteiger partial charge in [-0.1, -0.05) is 36.4 Å². The summed E-state index contributed by atoms with van der Waals surface area (Å²) < 4.78 is 5.91. The summed E-state index contributed by atoms with van der Waals surface area (Å²) in [6.45, 7) is 2.59. The number of fused-ring (bicyclic) bond motifs is 1. The lowest BCUT2D eigenvalue weighted by atomic mass is 10.0. The molecule has 2 aromatic heterocycles. The summed E-state index contributed by atoms with van der Waals surface area (Å²) in [6.07, 6.45) is 5.24. The lowest BCUT2D eigenvalue weighted by molar-refractivity contribution is 0.296. The van der Waals surface area contributed by atoms with Crippen molar-refractivity contribution < 1.29 is 4.74 Å². The Morgan fingerprint density at radius 2 is 1.89 bits per heavy atom. The van der Waals surface area contributed by atoms with E-state index in [1.165, 1.54) is 5.56 Å². The van der Waals surface area contributed by atoms with E-state index in [-0.39, 0.29) is 6.04 Å². The molecular formula is C23H24N4O. The maximum Gasteiger partial charge on any atom is 0.138 e. The van der Waals surface area contributed by atoms with Gasteiger partial charge in [-0.3, -0.25) is 10.1 Å². The molecule has 5 nitrogen and oxygen atoms in total. The minimum atomic E-state index is 0.0741. The zero-order valence-electron chi connectivity index (χ0n) is 15.9. The molecule has 0 fully saturated rings. The molecular weight excluding hydrogens is 348 g/mol. The van der Waals surface area contributed by atoms with Crippen LogP contribution < -0.4 is 10.5 Å². The largest absolute Gasteiger partial charge is 0.492 e. The van der Waals surface area contributed by atoms with Crippen molar-refractivity contribution in [1.82, 2.24) is 15.2 Å². The van der Waals surface area contributed by atoms with Crippen LogP contribution in [0.15, 0.2) is 67.0 Å². The van der Waals surface area contributed by atoms with E-state index in [0.717, 1.165) is 46.3 Å². The Bertz CT molecular complexity index is 1060. The molecule has 4 aromatic rings. The molecule has 0 saturated heterocycles. The van der Waals surface area contributed by atoms with Gasteiger partial charge >= 0.3 is 0 Å². The van der Waals surface area contributed by atoms with Gasteiger partial charge in [0.1, 0.15) is 5.75 Å². The van der Waals surface area contributed by atoms with E-state index in [9.17, 15) is 0 Å². The zero-order valence-corrected chi connectivity index (χ0v) is 15.9. The normalized spacial score (nSPS) is 12.2. The van der Waals surface area contributed by atoms with Crippen molar-refractivity contribution in [3.8, 4) is 16.9 Å². The predicted molar refractivity (Wildman–Crippen MR) is 112 cm³/mol. The summed E-state index contributed by atoms with van der Waals surface area (Å²) in [7, 11) is 0. The number of H-pyrrole nitrogens is 1. The fourth-order valence-electron chi connectivity index (χ4n) is 3.32. The number of hydrogen-bond acceptors (Lipinski definition) is 4. The number of benzene rings is 2. The summed E-state index contributed by atoms with van der Waals surface area (Å²) in [4.78, 5) is 4.34. The van der Waals surface area contributed by atoms with E-state index in [2.05, 4.69) is 39.4 Å². The highest BCUT2D eigenvalue weighted by Gasteiger charge is 2.07. The molecule has 0 saturated carbocycles. The van der Waals surface area contributed by atoms with Crippen molar-refractivity contribution in [1.29, 1.82) is 0 Å². The first-order chi connectivity index (χ1) is 13.7. The van der Waals surface area contributed by atoms with Crippen molar-refractivity contribution in [2.24, 2.45) is 5.73 Å². The number of aromatic amines is 1. The average Bonchev–Trinajstić information content (AvgIpc) is 3.09. The minimum Gasteiger partial charge on any atom is -0.492 e. The SMILES string of the molecule is Cc1[nH]nc2ccc(-c3cncc(OCC[C@@H](N)Cc4ccccc4)c3)cc12. The van der Waals surface area contributed by atoms with Crippen LogP contribution in [0, 0.1) is 6.92 Å². The van der Waals surface area contributed by atoms with Crippen LogP contribution in [0.3, 0.4) is 0 Å². The Morgan fingerprint density at radius 1 is 1.04 bits per heavy atom. The highest BCUT2D eigenvalue weighted by Crippen LogP contribution is 2.27. The molecule has 0 aliphatic rings. The maximum atomic E-state index is 6.24. The van der Waals surface area contributed by atoms with Crippen LogP contribution in [0.1, 0.15) is 17.7 Å². The standard InChI is InChI=1S/C23H24N4O/c1-16-22-13-18(7-8-23(22)27-26-16)19-12-21(15-25-14-19)28-10-9-20(24)11-17-5-3-2-4-6-17/h2-8,12-15,20H,9-11,24H2,1H3,(H,26,27)/t20-/m1/s1. The molecule has 0 unspecified atom stereocenters. The van der Waals surface area contributed by atoms with Gasteiger partial charge in [-0.05, 0) is 49.1 Å². The fraction of sp³-hybridized carbons (Fsp3) is 0.217. The average molecular weight is 372 g/mol. The van der Waals surface area contributed by atoms with Gasteiger partial charge in [0, 0.05) is 28.9 Å². The van der Waals surface area contributed by atoms with Crippen LogP contribution >= 0.6 is 0 Å². The number of rotatable bonds is 7. The number of hydrogen-bond donors (Lipinski definition) is 2. The first kappa shape index (κ1) is 18.2. The summed E-state index contributed by atoms with van der Waals surface area (Å²) in [5.74, 6) is 0.758. The summed E-state index contributed by atoms with van der Waals surface area (Å²) in [5.41, 5.74) is 11.6. The summed E-state index contributed by atoms with van der Waals surface area (Å²) in [6, 6.07) is 18.6. The first-order valence-electron chi connectivity index (χ1n) is 9.51. The number of nitrogens with zero attached hydrogens (tertiary/aromatic N) is 2. The molecule has 3 N–H and O–H groups in total. The van der Waals surface area contributed by atoms with Crippen molar-refractivity contribution in [3.05, 3.63) is 78.2 Å². The lowest BCUT2D eigenvalue weighted by Crippen LogP contribution is -2.25. The molecule has 142 valence electrons. The summed E-state index contributed by atoms with van der Waals surface area (Å²) >= 11 is 0. The molecule has 2 aromatic carbocycles. The minimum absolute atomic E-state index is 0.0741. The van der Waals surface area contributed by atoms with Gasteiger partial charge in [0.25, 0.3) is 0 Å². The predicted octanol–water partition coefficient (Wildman–Crippen LogP) is 4.27. The monoisotopic (exact) mass is 372 g/mol. The molecule has 0 bridgehead atoms. The van der Waals surface area contributed by atoms with Crippen LogP contribution in [0.25, 0.3) is 22.0 Å². The molecule has 0 amide bonds. The van der Waals surface area contributed by atoms with Crippen molar-refractivity contribution in [2.75, 3.05) is 6.61 Å². The fourth-order valence-corrected chi connectivity index (χ4v) is 3.32. The second-order valence-corrected chi connectivity index (χ2v) is 7.08. The Labute approximate surface area is 164 Å². The van der Waals surface area contributed by atoms with E-state index in [1.54, 1.807) is 6.20 Å². The number of nitrogens with two attached hydrogens (primary N) is 1. The van der Waals surface area contributed by atoms with Crippen LogP contribution in [-0.2, 0) is 6.42 Å². The van der Waals surface area contributed by atoms with Crippen molar-refractivity contribution >= 4 is 10.9 Å². The van der Waals surface area contributed by atoms with Gasteiger partial charge in [0.15, 0.2) is 0 Å². The smallest absolute Gasteiger partial charge is 0.138 e. The number of ether oxygens (including phenoxy) is 1. The molecule has 0 radical (unpaired) electrons. The number of nitrogens with one attached hydrogen (secondary N) is 1. The molecule has 0 spiro atoms. The highest BCUT2D eigenvalue weighted by atomic mass is 16.5. The van der Waals surface area contributed by atoms with Gasteiger partial charge in [-0.2, -0.15) is 5.10 Å². The van der Waals surface area contributed by atoms with E-state index < -0.39 is 0 Å².